The summed E-state index contributed by atoms with van der Waals surface area (Å²) in [5, 5.41) is 12.1. The highest BCUT2D eigenvalue weighted by Crippen LogP contribution is 2.34. The number of nitro benzene ring substituents is 1. The molecule has 0 unspecified atom stereocenters. The fourth-order valence-corrected chi connectivity index (χ4v) is 4.61. The topological polar surface area (TPSA) is 88.8 Å². The Hall–Kier alpha value is -2.91. The quantitative estimate of drug-likeness (QED) is 0.430. The third-order valence-corrected chi connectivity index (χ3v) is 6.31. The van der Waals surface area contributed by atoms with Crippen LogP contribution in [0.15, 0.2) is 36.4 Å². The zero-order valence-electron chi connectivity index (χ0n) is 16.2. The van der Waals surface area contributed by atoms with Crippen LogP contribution in [0.25, 0.3) is 10.2 Å². The summed E-state index contributed by atoms with van der Waals surface area (Å²) < 4.78 is 6.72. The molecule has 1 saturated heterocycles. The highest BCUT2D eigenvalue weighted by Gasteiger charge is 2.26. The number of benzene rings is 2. The summed E-state index contributed by atoms with van der Waals surface area (Å²) in [5.74, 6) is 0.470. The lowest BCUT2D eigenvalue weighted by atomic mass is 10.1. The first kappa shape index (κ1) is 20.4. The van der Waals surface area contributed by atoms with Crippen LogP contribution in [0.2, 0.25) is 5.02 Å². The molecule has 156 valence electrons. The van der Waals surface area contributed by atoms with Crippen molar-refractivity contribution in [3.8, 4) is 5.75 Å². The van der Waals surface area contributed by atoms with E-state index in [-0.39, 0.29) is 22.2 Å². The van der Waals surface area contributed by atoms with E-state index in [2.05, 4.69) is 4.90 Å². The van der Waals surface area contributed by atoms with Crippen LogP contribution in [0.5, 0.6) is 5.75 Å². The van der Waals surface area contributed by atoms with Crippen LogP contribution in [0.3, 0.4) is 0 Å². The largest absolute Gasteiger partial charge is 0.492 e. The number of fused-ring (bicyclic) bond motifs is 1. The molecule has 1 aromatic heterocycles. The monoisotopic (exact) mass is 446 g/mol. The number of non-ortho nitro benzene ring substituents is 1. The first-order valence-electron chi connectivity index (χ1n) is 9.48. The molecule has 10 heteroatoms. The summed E-state index contributed by atoms with van der Waals surface area (Å²) in [6, 6.07) is 9.80. The van der Waals surface area contributed by atoms with Crippen LogP contribution in [0.1, 0.15) is 17.3 Å². The van der Waals surface area contributed by atoms with Gasteiger partial charge in [-0.05, 0) is 25.1 Å². The molecule has 30 heavy (non-hydrogen) atoms. The molecule has 1 fully saturated rings. The second kappa shape index (κ2) is 8.45. The molecule has 0 radical (unpaired) electrons. The molecule has 2 aromatic carbocycles. The predicted molar refractivity (Wildman–Crippen MR) is 117 cm³/mol. The fraction of sp³-hybridized carbons (Fsp3) is 0.300. The molecule has 8 nitrogen and oxygen atoms in total. The maximum absolute atomic E-state index is 12.9. The minimum atomic E-state index is -0.533. The number of aromatic nitrogens is 1. The fourth-order valence-electron chi connectivity index (χ4n) is 3.38. The van der Waals surface area contributed by atoms with Crippen molar-refractivity contribution < 1.29 is 14.5 Å². The Kier molecular flexibility index (Phi) is 5.74. The highest BCUT2D eigenvalue weighted by molar-refractivity contribution is 7.22. The van der Waals surface area contributed by atoms with E-state index < -0.39 is 4.92 Å². The number of ether oxygens (including phenoxy) is 1. The van der Waals surface area contributed by atoms with Crippen molar-refractivity contribution in [2.24, 2.45) is 0 Å². The number of thiazole rings is 1. The van der Waals surface area contributed by atoms with Gasteiger partial charge < -0.3 is 14.5 Å². The number of nitro groups is 1. The third-order valence-electron chi connectivity index (χ3n) is 4.90. The molecule has 0 bridgehead atoms. The maximum atomic E-state index is 12.9. The van der Waals surface area contributed by atoms with Crippen molar-refractivity contribution in [3.05, 3.63) is 57.1 Å². The van der Waals surface area contributed by atoms with E-state index in [1.54, 1.807) is 16.2 Å². The van der Waals surface area contributed by atoms with Gasteiger partial charge in [-0.1, -0.05) is 29.0 Å². The number of carbonyl (C=O) groups is 1. The number of hydrogen-bond donors (Lipinski definition) is 0. The lowest BCUT2D eigenvalue weighted by molar-refractivity contribution is -0.384. The zero-order chi connectivity index (χ0) is 21.3. The second-order valence-electron chi connectivity index (χ2n) is 6.73. The summed E-state index contributed by atoms with van der Waals surface area (Å²) >= 11 is 7.72. The lowest BCUT2D eigenvalue weighted by Gasteiger charge is -2.34. The summed E-state index contributed by atoms with van der Waals surface area (Å²) in [7, 11) is 0. The minimum absolute atomic E-state index is 0.152. The van der Waals surface area contributed by atoms with E-state index in [9.17, 15) is 14.9 Å². The van der Waals surface area contributed by atoms with Crippen molar-refractivity contribution in [3.63, 3.8) is 0 Å². The van der Waals surface area contributed by atoms with Crippen molar-refractivity contribution in [2.45, 2.75) is 6.92 Å². The van der Waals surface area contributed by atoms with Crippen LogP contribution in [0.4, 0.5) is 10.8 Å². The van der Waals surface area contributed by atoms with E-state index in [4.69, 9.17) is 21.3 Å². The van der Waals surface area contributed by atoms with E-state index >= 15 is 0 Å². The number of amides is 1. The standard InChI is InChI=1S/C20H19ClN4O4S/c1-2-29-16-4-3-5-17-18(16)22-20(30-17)24-10-8-23(9-11-24)19(26)14-12-13(25(27)28)6-7-15(14)21/h3-7,12H,2,8-11H2,1H3. The van der Waals surface area contributed by atoms with Crippen LogP contribution in [-0.4, -0.2) is 53.5 Å². The number of rotatable bonds is 5. The molecule has 1 aliphatic rings. The van der Waals surface area contributed by atoms with Crippen molar-refractivity contribution in [1.82, 2.24) is 9.88 Å². The van der Waals surface area contributed by atoms with Crippen molar-refractivity contribution in [1.29, 1.82) is 0 Å². The van der Waals surface area contributed by atoms with Gasteiger partial charge in [0.25, 0.3) is 11.6 Å². The lowest BCUT2D eigenvalue weighted by Crippen LogP contribution is -2.48. The second-order valence-corrected chi connectivity index (χ2v) is 8.15. The van der Waals surface area contributed by atoms with Gasteiger partial charge >= 0.3 is 0 Å². The Morgan fingerprint density at radius 3 is 2.73 bits per heavy atom. The van der Waals surface area contributed by atoms with E-state index in [1.807, 2.05) is 25.1 Å². The molecule has 4 rings (SSSR count). The normalized spacial score (nSPS) is 14.2. The Bertz CT molecular complexity index is 1110. The number of nitrogens with zero attached hydrogens (tertiary/aromatic N) is 4. The SMILES string of the molecule is CCOc1cccc2sc(N3CCN(C(=O)c4cc([N+](=O)[O-])ccc4Cl)CC3)nc12. The molecule has 0 saturated carbocycles. The summed E-state index contributed by atoms with van der Waals surface area (Å²) in [5.41, 5.74) is 0.850. The molecule has 0 spiro atoms. The molecular weight excluding hydrogens is 428 g/mol. The summed E-state index contributed by atoms with van der Waals surface area (Å²) in [4.78, 5) is 31.9. The molecular formula is C20H19ClN4O4S. The number of halogens is 1. The molecule has 1 aliphatic heterocycles. The van der Waals surface area contributed by atoms with Gasteiger partial charge in [0, 0.05) is 38.3 Å². The van der Waals surface area contributed by atoms with E-state index in [0.717, 1.165) is 21.1 Å². The van der Waals surface area contributed by atoms with Crippen molar-refractivity contribution >= 4 is 49.9 Å². The van der Waals surface area contributed by atoms with Gasteiger partial charge in [-0.2, -0.15) is 0 Å². The summed E-state index contributed by atoms with van der Waals surface area (Å²) in [6.07, 6.45) is 0. The molecule has 1 amide bonds. The smallest absolute Gasteiger partial charge is 0.270 e. The Morgan fingerprint density at radius 1 is 1.27 bits per heavy atom. The highest BCUT2D eigenvalue weighted by atomic mass is 35.5. The van der Waals surface area contributed by atoms with Crippen LogP contribution in [-0.2, 0) is 0 Å². The zero-order valence-corrected chi connectivity index (χ0v) is 17.8. The number of para-hydroxylation sites is 1. The van der Waals surface area contributed by atoms with E-state index in [1.165, 1.54) is 18.2 Å². The van der Waals surface area contributed by atoms with Gasteiger partial charge in [0.1, 0.15) is 11.3 Å². The Balaban J connectivity index is 1.48. The number of piperazine rings is 1. The van der Waals surface area contributed by atoms with Crippen LogP contribution >= 0.6 is 22.9 Å². The van der Waals surface area contributed by atoms with Gasteiger partial charge in [-0.3, -0.25) is 14.9 Å². The Morgan fingerprint density at radius 2 is 2.03 bits per heavy atom. The molecule has 3 aromatic rings. The number of anilines is 1. The maximum Gasteiger partial charge on any atom is 0.270 e. The van der Waals surface area contributed by atoms with Crippen LogP contribution in [0, 0.1) is 10.1 Å². The molecule has 0 aliphatic carbocycles. The van der Waals surface area contributed by atoms with Crippen molar-refractivity contribution in [2.75, 3.05) is 37.7 Å². The first-order chi connectivity index (χ1) is 14.5. The summed E-state index contributed by atoms with van der Waals surface area (Å²) in [6.45, 7) is 4.70. The average molecular weight is 447 g/mol. The Labute approximate surface area is 181 Å². The van der Waals surface area contributed by atoms with Gasteiger partial charge in [0.2, 0.25) is 0 Å². The molecule has 0 N–H and O–H groups in total. The number of carbonyl (C=O) groups excluding carboxylic acids is 1. The van der Waals surface area contributed by atoms with Gasteiger partial charge in [0.15, 0.2) is 5.13 Å². The van der Waals surface area contributed by atoms with E-state index in [0.29, 0.717) is 32.8 Å². The van der Waals surface area contributed by atoms with Gasteiger partial charge in [-0.25, -0.2) is 4.98 Å². The molecule has 2 heterocycles. The minimum Gasteiger partial charge on any atom is -0.492 e. The van der Waals surface area contributed by atoms with Gasteiger partial charge in [-0.15, -0.1) is 0 Å². The molecule has 0 atom stereocenters. The van der Waals surface area contributed by atoms with Crippen LogP contribution < -0.4 is 9.64 Å². The average Bonchev–Trinajstić information content (AvgIpc) is 3.19. The first-order valence-corrected chi connectivity index (χ1v) is 10.7. The third kappa shape index (κ3) is 3.90. The number of hydrogen-bond acceptors (Lipinski definition) is 7. The van der Waals surface area contributed by atoms with Gasteiger partial charge in [0.05, 0.1) is 26.8 Å². The predicted octanol–water partition coefficient (Wildman–Crippen LogP) is 4.22.